The average molecular weight is 473 g/mol. The van der Waals surface area contributed by atoms with E-state index in [0.717, 1.165) is 21.8 Å². The van der Waals surface area contributed by atoms with Crippen molar-refractivity contribution >= 4 is 27.6 Å². The van der Waals surface area contributed by atoms with Crippen LogP contribution in [-0.2, 0) is 24.9 Å². The summed E-state index contributed by atoms with van der Waals surface area (Å²) in [5, 5.41) is 10.3. The molecular weight excluding hydrogens is 458 g/mol. The minimum atomic E-state index is -0.125. The molecule has 1 aromatic carbocycles. The van der Waals surface area contributed by atoms with Crippen molar-refractivity contribution in [2.24, 2.45) is 0 Å². The second-order valence-corrected chi connectivity index (χ2v) is 4.41. The SMILES string of the molecule is CC(=O)C=C(C)O.[Ir].[c-]1ccnc2ccc3cncnc3c12. The fourth-order valence-electron chi connectivity index (χ4n) is 1.83. The molecule has 6 heteroatoms. The zero-order valence-corrected chi connectivity index (χ0v) is 14.5. The van der Waals surface area contributed by atoms with Gasteiger partial charge in [-0.2, -0.15) is 0 Å². The van der Waals surface area contributed by atoms with Crippen molar-refractivity contribution in [1.82, 2.24) is 15.0 Å². The normalized spacial score (nSPS) is 10.5. The number of carbonyl (C=O) groups excluding carboxylic acids is 1. The molecule has 0 saturated heterocycles. The van der Waals surface area contributed by atoms with E-state index in [1.807, 2.05) is 12.1 Å². The molecule has 22 heavy (non-hydrogen) atoms. The second kappa shape index (κ2) is 8.32. The number of pyridine rings is 1. The van der Waals surface area contributed by atoms with E-state index in [9.17, 15) is 4.79 Å². The van der Waals surface area contributed by atoms with E-state index in [2.05, 4.69) is 21.0 Å². The van der Waals surface area contributed by atoms with Crippen LogP contribution in [0.25, 0.3) is 21.8 Å². The molecule has 0 saturated carbocycles. The number of ketones is 1. The fourth-order valence-corrected chi connectivity index (χ4v) is 1.83. The Balaban J connectivity index is 0.000000264. The summed E-state index contributed by atoms with van der Waals surface area (Å²) in [6, 6.07) is 8.86. The standard InChI is InChI=1S/C11H6N3.C5H8O2.Ir/c1-2-9-10(13-5-1)4-3-8-6-12-7-14-11(8)9;1-4(6)3-5(2)7;/h1,3-7H;3,6H,1-2H3;/q-1;;. The molecule has 2 heterocycles. The molecular formula is C16H14IrN3O2-. The summed E-state index contributed by atoms with van der Waals surface area (Å²) >= 11 is 0. The quantitative estimate of drug-likeness (QED) is 0.255. The number of hydrogen-bond donors (Lipinski definition) is 1. The molecule has 0 fully saturated rings. The molecule has 0 amide bonds. The molecule has 3 aromatic rings. The van der Waals surface area contributed by atoms with Gasteiger partial charge in [0.2, 0.25) is 0 Å². The molecule has 1 N–H and O–H groups in total. The van der Waals surface area contributed by atoms with E-state index >= 15 is 0 Å². The van der Waals surface area contributed by atoms with Crippen LogP contribution in [0.1, 0.15) is 13.8 Å². The number of nitrogens with zero attached hydrogens (tertiary/aromatic N) is 3. The van der Waals surface area contributed by atoms with E-state index in [1.54, 1.807) is 24.8 Å². The van der Waals surface area contributed by atoms with Crippen LogP contribution in [0.2, 0.25) is 0 Å². The number of rotatable bonds is 1. The van der Waals surface area contributed by atoms with Gasteiger partial charge < -0.3 is 10.1 Å². The molecule has 0 spiro atoms. The van der Waals surface area contributed by atoms with Crippen LogP contribution in [0.4, 0.5) is 0 Å². The number of benzene rings is 1. The zero-order chi connectivity index (χ0) is 15.2. The Labute approximate surface area is 141 Å². The molecule has 1 radical (unpaired) electrons. The summed E-state index contributed by atoms with van der Waals surface area (Å²) in [7, 11) is 0. The van der Waals surface area contributed by atoms with Crippen LogP contribution in [-0.4, -0.2) is 25.8 Å². The summed E-state index contributed by atoms with van der Waals surface area (Å²) < 4.78 is 0. The molecule has 115 valence electrons. The number of aliphatic hydroxyl groups is 1. The van der Waals surface area contributed by atoms with E-state index in [4.69, 9.17) is 5.11 Å². The summed E-state index contributed by atoms with van der Waals surface area (Å²) in [5.74, 6) is -0.0625. The van der Waals surface area contributed by atoms with Crippen LogP contribution >= 0.6 is 0 Å². The van der Waals surface area contributed by atoms with Crippen molar-refractivity contribution in [3.05, 3.63) is 54.8 Å². The van der Waals surface area contributed by atoms with Gasteiger partial charge in [-0.25, -0.2) is 4.98 Å². The third kappa shape index (κ3) is 4.69. The third-order valence-electron chi connectivity index (χ3n) is 2.58. The number of aromatic nitrogens is 3. The molecule has 0 aliphatic carbocycles. The summed E-state index contributed by atoms with van der Waals surface area (Å²) in [6.07, 6.45) is 6.24. The fraction of sp³-hybridized carbons (Fsp3) is 0.125. The largest absolute Gasteiger partial charge is 0.512 e. The van der Waals surface area contributed by atoms with Gasteiger partial charge in [-0.15, -0.1) is 12.1 Å². The van der Waals surface area contributed by atoms with Gasteiger partial charge >= 0.3 is 0 Å². The number of hydrogen-bond acceptors (Lipinski definition) is 5. The van der Waals surface area contributed by atoms with Crippen molar-refractivity contribution < 1.29 is 30.0 Å². The minimum absolute atomic E-state index is 0. The van der Waals surface area contributed by atoms with Crippen LogP contribution < -0.4 is 0 Å². The van der Waals surface area contributed by atoms with Gasteiger partial charge in [-0.05, 0) is 24.8 Å². The minimum Gasteiger partial charge on any atom is -0.512 e. The molecule has 0 aliphatic heterocycles. The number of aliphatic hydroxyl groups excluding tert-OH is 1. The van der Waals surface area contributed by atoms with Gasteiger partial charge in [0, 0.05) is 37.9 Å². The number of allylic oxidation sites excluding steroid dienone is 2. The number of fused-ring (bicyclic) bond motifs is 3. The molecule has 2 aromatic heterocycles. The van der Waals surface area contributed by atoms with Crippen molar-refractivity contribution in [1.29, 1.82) is 0 Å². The number of carbonyl (C=O) groups is 1. The Bertz CT molecular complexity index is 760. The zero-order valence-electron chi connectivity index (χ0n) is 12.1. The first-order valence-electron chi connectivity index (χ1n) is 6.31. The van der Waals surface area contributed by atoms with E-state index in [-0.39, 0.29) is 31.6 Å². The van der Waals surface area contributed by atoms with Crippen LogP contribution in [0.5, 0.6) is 0 Å². The van der Waals surface area contributed by atoms with Gasteiger partial charge in [-0.3, -0.25) is 9.78 Å². The molecule has 3 rings (SSSR count). The molecule has 0 unspecified atom stereocenters. The summed E-state index contributed by atoms with van der Waals surface area (Å²) in [4.78, 5) is 22.5. The Hall–Kier alpha value is -2.17. The monoisotopic (exact) mass is 473 g/mol. The van der Waals surface area contributed by atoms with Crippen molar-refractivity contribution in [3.8, 4) is 0 Å². The van der Waals surface area contributed by atoms with Crippen LogP contribution in [0.15, 0.2) is 48.8 Å². The molecule has 0 aliphatic rings. The summed E-state index contributed by atoms with van der Waals surface area (Å²) in [5.41, 5.74) is 1.82. The van der Waals surface area contributed by atoms with Crippen LogP contribution in [0, 0.1) is 6.07 Å². The van der Waals surface area contributed by atoms with Gasteiger partial charge in [0.05, 0.1) is 5.76 Å². The van der Waals surface area contributed by atoms with Gasteiger partial charge in [0.25, 0.3) is 0 Å². The van der Waals surface area contributed by atoms with Crippen molar-refractivity contribution in [3.63, 3.8) is 0 Å². The van der Waals surface area contributed by atoms with Gasteiger partial charge in [-0.1, -0.05) is 23.7 Å². The maximum atomic E-state index is 10.0. The topological polar surface area (TPSA) is 76.0 Å². The smallest absolute Gasteiger partial charge is 0.155 e. The van der Waals surface area contributed by atoms with Gasteiger partial charge in [0.1, 0.15) is 6.33 Å². The van der Waals surface area contributed by atoms with Crippen LogP contribution in [0.3, 0.4) is 0 Å². The average Bonchev–Trinajstić information content (AvgIpc) is 2.46. The molecule has 0 atom stereocenters. The first kappa shape index (κ1) is 17.9. The Kier molecular flexibility index (Phi) is 6.76. The predicted octanol–water partition coefficient (Wildman–Crippen LogP) is 3.01. The Morgan fingerprint density at radius 1 is 1.27 bits per heavy atom. The molecule has 5 nitrogen and oxygen atoms in total. The van der Waals surface area contributed by atoms with Gasteiger partial charge in [0.15, 0.2) is 5.78 Å². The predicted molar refractivity (Wildman–Crippen MR) is 80.7 cm³/mol. The summed E-state index contributed by atoms with van der Waals surface area (Å²) in [6.45, 7) is 2.85. The first-order valence-corrected chi connectivity index (χ1v) is 6.31. The maximum Gasteiger partial charge on any atom is 0.155 e. The van der Waals surface area contributed by atoms with E-state index in [1.165, 1.54) is 19.9 Å². The third-order valence-corrected chi connectivity index (χ3v) is 2.58. The second-order valence-electron chi connectivity index (χ2n) is 4.41. The molecule has 0 bridgehead atoms. The van der Waals surface area contributed by atoms with E-state index < -0.39 is 0 Å². The maximum absolute atomic E-state index is 10.0. The first-order chi connectivity index (χ1) is 10.1. The van der Waals surface area contributed by atoms with E-state index in [0.29, 0.717) is 0 Å². The van der Waals surface area contributed by atoms with Crippen molar-refractivity contribution in [2.75, 3.05) is 0 Å². The van der Waals surface area contributed by atoms with Crippen molar-refractivity contribution in [2.45, 2.75) is 13.8 Å². The Morgan fingerprint density at radius 3 is 2.68 bits per heavy atom. The Morgan fingerprint density at radius 2 is 2.05 bits per heavy atom.